The van der Waals surface area contributed by atoms with Crippen molar-refractivity contribution in [2.75, 3.05) is 67.4 Å². The van der Waals surface area contributed by atoms with Gasteiger partial charge in [-0.05, 0) is 135 Å². The second-order valence-corrected chi connectivity index (χ2v) is 30.7. The van der Waals surface area contributed by atoms with Gasteiger partial charge in [0.15, 0.2) is 5.78 Å². The molecule has 7 N–H and O–H groups in total. The standard InChI is InChI=1S/C70H127N11O14S/c1-26-28-31-45(13)59(84)58-63(88)73-49(27-2)65(90)79(23)54(39-96-33-30-29-32-46(14)82)55(83)38-75(19)53(37-70(17,18)95)62(87)74-56(43(9)10)68(93)76(20)50(34-40(3)4)61(86)71-47(15)60(85)72-48(16)64(89)77(21)51(35-41(5)6)66(91)78(22)52(36-42(7)8)67(92)80(24)57(44(11)12)69(94)81(58)25/h26,28,40-54,56-59,82,84,95H,27,29-39H2,1-25H3,(H,71,86)(H,72,85)(H,73,88)(H,74,87)/b28-26+/t45-,46-,47+,48-,49+,50+,51+,52+,53+,54-,56+,57+,58+,59-/m1/s1. The van der Waals surface area contributed by atoms with Crippen LogP contribution in [0.25, 0.3) is 0 Å². The van der Waals surface area contributed by atoms with Crippen LogP contribution in [0.15, 0.2) is 12.2 Å². The highest BCUT2D eigenvalue weighted by Crippen LogP contribution is 2.27. The van der Waals surface area contributed by atoms with Crippen LogP contribution >= 0.6 is 11.8 Å². The third kappa shape index (κ3) is 26.9. The van der Waals surface area contributed by atoms with Gasteiger partial charge in [0.1, 0.15) is 60.4 Å². The Hall–Kier alpha value is -5.70. The van der Waals surface area contributed by atoms with E-state index < -0.39 is 173 Å². The van der Waals surface area contributed by atoms with Crippen molar-refractivity contribution in [2.45, 2.75) is 267 Å². The number of aliphatic hydroxyl groups is 3. The summed E-state index contributed by atoms with van der Waals surface area (Å²) < 4.78 is 0. The van der Waals surface area contributed by atoms with Crippen molar-refractivity contribution in [3.63, 3.8) is 0 Å². The molecule has 0 aromatic heterocycles. The minimum Gasteiger partial charge on any atom is -0.393 e. The summed E-state index contributed by atoms with van der Waals surface area (Å²) in [7, 11) is 10.0. The van der Waals surface area contributed by atoms with E-state index in [4.69, 9.17) is 0 Å². The second-order valence-electron chi connectivity index (χ2n) is 29.5. The Morgan fingerprint density at radius 3 is 1.48 bits per heavy atom. The van der Waals surface area contributed by atoms with Gasteiger partial charge < -0.3 is 66.0 Å². The van der Waals surface area contributed by atoms with Crippen LogP contribution < -0.4 is 21.3 Å². The summed E-state index contributed by atoms with van der Waals surface area (Å²) in [6, 6.07) is -14.0. The van der Waals surface area contributed by atoms with Crippen molar-refractivity contribution in [2.24, 2.45) is 35.5 Å². The molecule has 0 aromatic carbocycles. The van der Waals surface area contributed by atoms with Crippen LogP contribution in [0, 0.1) is 35.5 Å². The molecule has 1 aliphatic heterocycles. The molecule has 0 aliphatic carbocycles. The molecule has 1 heterocycles. The van der Waals surface area contributed by atoms with Gasteiger partial charge >= 0.3 is 0 Å². The Labute approximate surface area is 579 Å². The van der Waals surface area contributed by atoms with Crippen molar-refractivity contribution in [3.05, 3.63) is 12.2 Å². The maximum absolute atomic E-state index is 15.4. The Bertz CT molecular complexity index is 2600. The topological polar surface area (TPSA) is 319 Å². The summed E-state index contributed by atoms with van der Waals surface area (Å²) in [4.78, 5) is 172. The molecular formula is C70H127N11O14S. The third-order valence-corrected chi connectivity index (χ3v) is 19.2. The van der Waals surface area contributed by atoms with Gasteiger partial charge in [-0.25, -0.2) is 0 Å². The number of nitrogens with one attached hydrogen (secondary N) is 4. The number of carbonyl (C=O) groups is 11. The number of ketones is 1. The number of carbonyl (C=O) groups excluding carboxylic acids is 11. The first-order valence-corrected chi connectivity index (χ1v) is 35.8. The van der Waals surface area contributed by atoms with Gasteiger partial charge in [-0.15, -0.1) is 0 Å². The zero-order chi connectivity index (χ0) is 74.3. The summed E-state index contributed by atoms with van der Waals surface area (Å²) in [6.07, 6.45) is 3.90. The van der Waals surface area contributed by atoms with Gasteiger partial charge in [-0.1, -0.05) is 102 Å². The van der Waals surface area contributed by atoms with Crippen LogP contribution in [-0.4, -0.2) is 266 Å². The number of unbranched alkanes of at least 4 members (excludes halogenated alkanes) is 1. The molecule has 1 aliphatic rings. The molecule has 26 heteroatoms. The number of hydrogen-bond donors (Lipinski definition) is 7. The van der Waals surface area contributed by atoms with E-state index in [9.17, 15) is 39.3 Å². The number of thioether (sulfide) groups is 1. The maximum Gasteiger partial charge on any atom is 0.246 e. The van der Waals surface area contributed by atoms with E-state index >= 15 is 28.8 Å². The highest BCUT2D eigenvalue weighted by Gasteiger charge is 2.46. The van der Waals surface area contributed by atoms with Gasteiger partial charge in [-0.3, -0.25) is 57.6 Å². The van der Waals surface area contributed by atoms with E-state index in [1.807, 2.05) is 41.5 Å². The van der Waals surface area contributed by atoms with Crippen LogP contribution in [0.1, 0.15) is 182 Å². The Morgan fingerprint density at radius 2 is 1.00 bits per heavy atom. The van der Waals surface area contributed by atoms with Gasteiger partial charge in [0.25, 0.3) is 0 Å². The fourth-order valence-electron chi connectivity index (χ4n) is 12.0. The fourth-order valence-corrected chi connectivity index (χ4v) is 13.2. The summed E-state index contributed by atoms with van der Waals surface area (Å²) in [5.74, 6) is -9.25. The SMILES string of the molecule is C/C=C/C[C@@H](C)[C@@H](O)[C@H]1C(=O)N[C@@H](CC)C(=O)N(C)[C@H](CSCCCC[C@@H](C)O)C(=O)CN(C)[C@@H](CC(C)(C)O)C(=O)N[C@@H](C(C)C)C(=O)N(C)[C@@H](CC(C)C)C(=O)N[C@@H](C)C(=O)N[C@H](C)C(=O)N(C)[C@@H](CC(C)C)C(=O)N(C)[C@@H](CC(C)C)C(=O)N(C)[C@@H](C(C)C)C(=O)N1C. The van der Waals surface area contributed by atoms with Gasteiger partial charge in [0, 0.05) is 54.5 Å². The predicted molar refractivity (Wildman–Crippen MR) is 377 cm³/mol. The Morgan fingerprint density at radius 1 is 0.531 bits per heavy atom. The van der Waals surface area contributed by atoms with Crippen molar-refractivity contribution in [1.29, 1.82) is 0 Å². The molecule has 96 heavy (non-hydrogen) atoms. The van der Waals surface area contributed by atoms with Gasteiger partial charge in [-0.2, -0.15) is 11.8 Å². The van der Waals surface area contributed by atoms with Gasteiger partial charge in [0.2, 0.25) is 59.1 Å². The number of hydrogen-bond acceptors (Lipinski definition) is 16. The largest absolute Gasteiger partial charge is 0.393 e. The van der Waals surface area contributed by atoms with Crippen molar-refractivity contribution in [1.82, 2.24) is 55.6 Å². The van der Waals surface area contributed by atoms with Crippen LogP contribution in [0.4, 0.5) is 0 Å². The number of likely N-dealkylation sites (N-methyl/N-ethyl adjacent to an activating group) is 7. The molecule has 1 fully saturated rings. The molecule has 0 aromatic rings. The number of amides is 10. The molecule has 0 unspecified atom stereocenters. The first-order valence-electron chi connectivity index (χ1n) is 34.6. The lowest BCUT2D eigenvalue weighted by molar-refractivity contribution is -0.157. The molecule has 25 nitrogen and oxygen atoms in total. The molecule has 14 atom stereocenters. The molecule has 10 amide bonds. The van der Waals surface area contributed by atoms with E-state index in [2.05, 4.69) is 21.3 Å². The van der Waals surface area contributed by atoms with E-state index in [-0.39, 0.29) is 62.0 Å². The third-order valence-electron chi connectivity index (χ3n) is 18.0. The highest BCUT2D eigenvalue weighted by atomic mass is 32.2. The zero-order valence-electron chi connectivity index (χ0n) is 63.0. The molecular weight excluding hydrogens is 1250 g/mol. The normalized spacial score (nSPS) is 26.8. The summed E-state index contributed by atoms with van der Waals surface area (Å²) in [6.45, 7) is 30.3. The number of allylic oxidation sites excluding steroid dienone is 2. The summed E-state index contributed by atoms with van der Waals surface area (Å²) in [5.41, 5.74) is -1.51. The van der Waals surface area contributed by atoms with Crippen LogP contribution in [0.5, 0.6) is 0 Å². The lowest BCUT2D eigenvalue weighted by Crippen LogP contribution is -2.64. The molecule has 0 saturated carbocycles. The zero-order valence-corrected chi connectivity index (χ0v) is 63.8. The smallest absolute Gasteiger partial charge is 0.246 e. The molecule has 1 rings (SSSR count). The molecule has 0 spiro atoms. The van der Waals surface area contributed by atoms with Gasteiger partial charge in [0.05, 0.1) is 30.4 Å². The molecule has 0 radical (unpaired) electrons. The molecule has 552 valence electrons. The first kappa shape index (κ1) is 88.3. The Balaban J connectivity index is 4.51. The minimum absolute atomic E-state index is 0.00944. The van der Waals surface area contributed by atoms with Crippen molar-refractivity contribution >= 4 is 76.6 Å². The fraction of sp³-hybridized carbons (Fsp3) is 0.814. The average molecular weight is 1380 g/mol. The van der Waals surface area contributed by atoms with E-state index in [1.165, 1.54) is 118 Å². The van der Waals surface area contributed by atoms with E-state index in [0.717, 1.165) is 4.90 Å². The number of Topliss-reactive ketones (excluding diaryl/α,β-unsaturated/α-hetero) is 1. The predicted octanol–water partition coefficient (Wildman–Crippen LogP) is 4.08. The van der Waals surface area contributed by atoms with Crippen molar-refractivity contribution in [3.8, 4) is 0 Å². The average Bonchev–Trinajstić information content (AvgIpc) is 0.814. The van der Waals surface area contributed by atoms with Crippen LogP contribution in [0.3, 0.4) is 0 Å². The lowest BCUT2D eigenvalue weighted by Gasteiger charge is -2.41. The molecule has 1 saturated heterocycles. The maximum atomic E-state index is 15.4. The quantitative estimate of drug-likeness (QED) is 0.0593. The minimum atomic E-state index is -1.65. The Kier molecular flexibility index (Phi) is 37.7. The number of rotatable bonds is 22. The van der Waals surface area contributed by atoms with Crippen LogP contribution in [-0.2, 0) is 52.7 Å². The second kappa shape index (κ2) is 41.0. The van der Waals surface area contributed by atoms with Crippen LogP contribution in [0.2, 0.25) is 0 Å². The lowest BCUT2D eigenvalue weighted by atomic mass is 9.91. The molecule has 0 bridgehead atoms. The number of nitrogens with zero attached hydrogens (tertiary/aromatic N) is 7. The summed E-state index contributed by atoms with van der Waals surface area (Å²) >= 11 is 1.40. The number of aliphatic hydroxyl groups excluding tert-OH is 2. The van der Waals surface area contributed by atoms with E-state index in [0.29, 0.717) is 25.0 Å². The highest BCUT2D eigenvalue weighted by molar-refractivity contribution is 7.99. The first-order chi connectivity index (χ1) is 44.3. The van der Waals surface area contributed by atoms with E-state index in [1.54, 1.807) is 67.5 Å². The van der Waals surface area contributed by atoms with Crippen molar-refractivity contribution < 1.29 is 68.1 Å². The monoisotopic (exact) mass is 1380 g/mol. The summed E-state index contributed by atoms with van der Waals surface area (Å²) in [5, 5.41) is 44.6.